The van der Waals surface area contributed by atoms with E-state index < -0.39 is 0 Å². The van der Waals surface area contributed by atoms with Crippen molar-refractivity contribution in [3.05, 3.63) is 23.3 Å². The number of rotatable bonds is 3. The van der Waals surface area contributed by atoms with Gasteiger partial charge in [-0.25, -0.2) is 4.98 Å². The van der Waals surface area contributed by atoms with Gasteiger partial charge in [0.25, 0.3) is 0 Å². The van der Waals surface area contributed by atoms with E-state index in [0.717, 1.165) is 15.1 Å². The SMILES string of the molecule is Cc1cc2c(Oc3cnn(C(C)C)c3)nc(N)nc2s1. The van der Waals surface area contributed by atoms with Crippen molar-refractivity contribution in [1.29, 1.82) is 0 Å². The van der Waals surface area contributed by atoms with Crippen LogP contribution in [0.1, 0.15) is 24.8 Å². The summed E-state index contributed by atoms with van der Waals surface area (Å²) in [5.74, 6) is 1.33. The lowest BCUT2D eigenvalue weighted by Gasteiger charge is -2.05. The Hall–Kier alpha value is -2.15. The number of nitrogens with zero attached hydrogens (tertiary/aromatic N) is 4. The monoisotopic (exact) mass is 289 g/mol. The molecule has 0 aliphatic heterocycles. The fourth-order valence-corrected chi connectivity index (χ4v) is 2.75. The lowest BCUT2D eigenvalue weighted by molar-refractivity contribution is 0.465. The average molecular weight is 289 g/mol. The van der Waals surface area contributed by atoms with Crippen LogP contribution in [0, 0.1) is 6.92 Å². The van der Waals surface area contributed by atoms with Crippen LogP contribution in [0.5, 0.6) is 11.6 Å². The van der Waals surface area contributed by atoms with Gasteiger partial charge in [-0.15, -0.1) is 11.3 Å². The first-order valence-corrected chi connectivity index (χ1v) is 7.10. The second-order valence-electron chi connectivity index (χ2n) is 4.81. The molecular weight excluding hydrogens is 274 g/mol. The van der Waals surface area contributed by atoms with Crippen LogP contribution < -0.4 is 10.5 Å². The number of fused-ring (bicyclic) bond motifs is 1. The van der Waals surface area contributed by atoms with Crippen molar-refractivity contribution in [2.75, 3.05) is 5.73 Å². The molecule has 3 aromatic heterocycles. The zero-order chi connectivity index (χ0) is 14.3. The first-order chi connectivity index (χ1) is 9.52. The van der Waals surface area contributed by atoms with Gasteiger partial charge in [-0.05, 0) is 26.8 Å². The zero-order valence-electron chi connectivity index (χ0n) is 11.5. The Kier molecular flexibility index (Phi) is 3.06. The highest BCUT2D eigenvalue weighted by Crippen LogP contribution is 2.33. The lowest BCUT2D eigenvalue weighted by atomic mass is 10.3. The number of ether oxygens (including phenoxy) is 1. The molecule has 2 N–H and O–H groups in total. The standard InChI is InChI=1S/C13H15N5OS/c1-7(2)18-6-9(5-15-18)19-11-10-4-8(3)20-12(10)17-13(14)16-11/h4-7H,1-3H3,(H2,14,16,17). The Balaban J connectivity index is 2.00. The Labute approximate surface area is 120 Å². The van der Waals surface area contributed by atoms with Gasteiger partial charge in [0.2, 0.25) is 11.8 Å². The van der Waals surface area contributed by atoms with Crippen molar-refractivity contribution in [2.45, 2.75) is 26.8 Å². The molecule has 3 heterocycles. The smallest absolute Gasteiger partial charge is 0.233 e. The fraction of sp³-hybridized carbons (Fsp3) is 0.308. The quantitative estimate of drug-likeness (QED) is 0.801. The van der Waals surface area contributed by atoms with Crippen LogP contribution in [-0.2, 0) is 0 Å². The molecule has 0 bridgehead atoms. The van der Waals surface area contributed by atoms with Crippen molar-refractivity contribution in [3.8, 4) is 11.6 Å². The molecule has 0 atom stereocenters. The number of hydrogen-bond acceptors (Lipinski definition) is 6. The molecule has 0 aromatic carbocycles. The van der Waals surface area contributed by atoms with Gasteiger partial charge in [0.05, 0.1) is 17.8 Å². The van der Waals surface area contributed by atoms with E-state index in [1.165, 1.54) is 0 Å². The molecule has 0 aliphatic carbocycles. The Morgan fingerprint density at radius 2 is 2.15 bits per heavy atom. The first kappa shape index (κ1) is 12.9. The second-order valence-corrected chi connectivity index (χ2v) is 6.05. The number of nitrogens with two attached hydrogens (primary N) is 1. The highest BCUT2D eigenvalue weighted by atomic mass is 32.1. The van der Waals surface area contributed by atoms with E-state index in [1.54, 1.807) is 17.5 Å². The summed E-state index contributed by atoms with van der Waals surface area (Å²) in [6.45, 7) is 6.13. The lowest BCUT2D eigenvalue weighted by Crippen LogP contribution is -2.00. The van der Waals surface area contributed by atoms with Crippen LogP contribution in [0.2, 0.25) is 0 Å². The van der Waals surface area contributed by atoms with Gasteiger partial charge >= 0.3 is 0 Å². The van der Waals surface area contributed by atoms with E-state index in [0.29, 0.717) is 11.6 Å². The topological polar surface area (TPSA) is 78.8 Å². The zero-order valence-corrected chi connectivity index (χ0v) is 12.3. The number of thiophene rings is 1. The van der Waals surface area contributed by atoms with Crippen molar-refractivity contribution in [3.63, 3.8) is 0 Å². The fourth-order valence-electron chi connectivity index (χ4n) is 1.88. The predicted molar refractivity (Wildman–Crippen MR) is 79.3 cm³/mol. The second kappa shape index (κ2) is 4.75. The normalized spacial score (nSPS) is 11.4. The summed E-state index contributed by atoms with van der Waals surface area (Å²) < 4.78 is 7.64. The summed E-state index contributed by atoms with van der Waals surface area (Å²) in [4.78, 5) is 10.4. The van der Waals surface area contributed by atoms with Gasteiger partial charge in [-0.3, -0.25) is 4.68 Å². The van der Waals surface area contributed by atoms with Crippen molar-refractivity contribution in [2.24, 2.45) is 0 Å². The largest absolute Gasteiger partial charge is 0.435 e. The molecule has 0 saturated heterocycles. The third kappa shape index (κ3) is 2.32. The molecule has 0 unspecified atom stereocenters. The number of aryl methyl sites for hydroxylation is 1. The van der Waals surface area contributed by atoms with E-state index in [4.69, 9.17) is 10.5 Å². The first-order valence-electron chi connectivity index (χ1n) is 6.28. The number of anilines is 1. The number of nitrogen functional groups attached to an aromatic ring is 1. The van der Waals surface area contributed by atoms with Gasteiger partial charge in [-0.2, -0.15) is 10.1 Å². The summed E-state index contributed by atoms with van der Waals surface area (Å²) in [6, 6.07) is 2.29. The summed E-state index contributed by atoms with van der Waals surface area (Å²) >= 11 is 1.57. The highest BCUT2D eigenvalue weighted by molar-refractivity contribution is 7.18. The maximum Gasteiger partial charge on any atom is 0.233 e. The van der Waals surface area contributed by atoms with Gasteiger partial charge in [0.1, 0.15) is 4.83 Å². The van der Waals surface area contributed by atoms with Crippen LogP contribution in [0.3, 0.4) is 0 Å². The average Bonchev–Trinajstić information content (AvgIpc) is 2.95. The van der Waals surface area contributed by atoms with Gasteiger partial charge in [-0.1, -0.05) is 0 Å². The Morgan fingerprint density at radius 3 is 2.85 bits per heavy atom. The molecule has 0 fully saturated rings. The summed E-state index contributed by atoms with van der Waals surface area (Å²) in [5, 5.41) is 5.11. The molecule has 0 saturated carbocycles. The van der Waals surface area contributed by atoms with E-state index >= 15 is 0 Å². The maximum absolute atomic E-state index is 5.81. The molecule has 0 aliphatic rings. The number of hydrogen-bond donors (Lipinski definition) is 1. The van der Waals surface area contributed by atoms with Crippen LogP contribution >= 0.6 is 11.3 Å². The summed E-state index contributed by atoms with van der Waals surface area (Å²) in [6.07, 6.45) is 3.51. The van der Waals surface area contributed by atoms with E-state index in [-0.39, 0.29) is 12.0 Å². The molecular formula is C13H15N5OS. The Bertz CT molecular complexity index is 761. The third-order valence-corrected chi connectivity index (χ3v) is 3.76. The summed E-state index contributed by atoms with van der Waals surface area (Å²) in [5.41, 5.74) is 5.72. The molecule has 3 rings (SSSR count). The van der Waals surface area contributed by atoms with E-state index in [1.807, 2.05) is 23.9 Å². The minimum Gasteiger partial charge on any atom is -0.435 e. The molecule has 20 heavy (non-hydrogen) atoms. The molecule has 3 aromatic rings. The molecule has 0 radical (unpaired) electrons. The maximum atomic E-state index is 5.81. The third-order valence-electron chi connectivity index (χ3n) is 2.82. The minimum atomic E-state index is 0.214. The Morgan fingerprint density at radius 1 is 1.35 bits per heavy atom. The van der Waals surface area contributed by atoms with E-state index in [9.17, 15) is 0 Å². The molecule has 0 amide bonds. The minimum absolute atomic E-state index is 0.214. The van der Waals surface area contributed by atoms with Gasteiger partial charge in [0, 0.05) is 10.9 Å². The van der Waals surface area contributed by atoms with Crippen LogP contribution in [0.25, 0.3) is 10.2 Å². The van der Waals surface area contributed by atoms with Gasteiger partial charge in [0.15, 0.2) is 5.75 Å². The summed E-state index contributed by atoms with van der Waals surface area (Å²) in [7, 11) is 0. The van der Waals surface area contributed by atoms with Crippen molar-refractivity contribution >= 4 is 27.5 Å². The predicted octanol–water partition coefficient (Wildman–Crippen LogP) is 3.15. The highest BCUT2D eigenvalue weighted by Gasteiger charge is 2.12. The van der Waals surface area contributed by atoms with E-state index in [2.05, 4.69) is 28.9 Å². The number of aromatic nitrogens is 4. The molecule has 0 spiro atoms. The molecule has 104 valence electrons. The van der Waals surface area contributed by atoms with Gasteiger partial charge < -0.3 is 10.5 Å². The van der Waals surface area contributed by atoms with Crippen LogP contribution in [0.4, 0.5) is 5.95 Å². The van der Waals surface area contributed by atoms with Crippen LogP contribution in [0.15, 0.2) is 18.5 Å². The van der Waals surface area contributed by atoms with Crippen LogP contribution in [-0.4, -0.2) is 19.7 Å². The molecule has 7 heteroatoms. The van der Waals surface area contributed by atoms with Crippen molar-refractivity contribution < 1.29 is 4.74 Å². The van der Waals surface area contributed by atoms with Crippen molar-refractivity contribution in [1.82, 2.24) is 19.7 Å². The molecule has 6 nitrogen and oxygen atoms in total.